The summed E-state index contributed by atoms with van der Waals surface area (Å²) in [4.78, 5) is 12.1. The van der Waals surface area contributed by atoms with E-state index in [1.54, 1.807) is 0 Å². The molecule has 1 aromatic rings. The molecule has 1 fully saturated rings. The van der Waals surface area contributed by atoms with Crippen molar-refractivity contribution < 1.29 is 9.90 Å². The van der Waals surface area contributed by atoms with Crippen LogP contribution < -0.4 is 0 Å². The molecule has 1 aliphatic rings. The van der Waals surface area contributed by atoms with Gasteiger partial charge in [0.05, 0.1) is 0 Å². The highest BCUT2D eigenvalue weighted by Gasteiger charge is 2.38. The van der Waals surface area contributed by atoms with Crippen LogP contribution in [0, 0.1) is 13.8 Å². The Labute approximate surface area is 103 Å². The molecule has 2 heteroatoms. The van der Waals surface area contributed by atoms with Gasteiger partial charge in [-0.15, -0.1) is 0 Å². The second-order valence-electron chi connectivity index (χ2n) is 5.33. The number of carbonyl (C=O) groups is 1. The minimum atomic E-state index is -1.04. The maximum atomic E-state index is 12.1. The van der Waals surface area contributed by atoms with Gasteiger partial charge in [0.15, 0.2) is 5.78 Å². The molecule has 1 N–H and O–H groups in total. The second-order valence-corrected chi connectivity index (χ2v) is 5.33. The van der Waals surface area contributed by atoms with Crippen LogP contribution in [0.2, 0.25) is 0 Å². The molecule has 1 aromatic carbocycles. The lowest BCUT2D eigenvalue weighted by Crippen LogP contribution is -2.36. The molecule has 17 heavy (non-hydrogen) atoms. The van der Waals surface area contributed by atoms with Crippen LogP contribution in [0.5, 0.6) is 0 Å². The predicted molar refractivity (Wildman–Crippen MR) is 68.0 cm³/mol. The van der Waals surface area contributed by atoms with E-state index >= 15 is 0 Å². The van der Waals surface area contributed by atoms with Crippen LogP contribution >= 0.6 is 0 Å². The molecule has 1 saturated carbocycles. The van der Waals surface area contributed by atoms with E-state index in [2.05, 4.69) is 6.07 Å². The van der Waals surface area contributed by atoms with E-state index < -0.39 is 5.60 Å². The quantitative estimate of drug-likeness (QED) is 0.870. The highest BCUT2D eigenvalue weighted by atomic mass is 16.3. The first-order chi connectivity index (χ1) is 7.99. The molecule has 0 amide bonds. The minimum absolute atomic E-state index is 0.0139. The molecule has 0 bridgehead atoms. The molecule has 2 rings (SSSR count). The second kappa shape index (κ2) is 4.61. The Morgan fingerprint density at radius 2 is 1.71 bits per heavy atom. The number of rotatable bonds is 3. The number of ketones is 1. The number of aryl methyl sites for hydroxylation is 2. The normalized spacial score (nSPS) is 18.3. The number of carbonyl (C=O) groups excluding carboxylic acids is 1. The maximum Gasteiger partial charge on any atom is 0.168 e. The molecule has 0 unspecified atom stereocenters. The largest absolute Gasteiger partial charge is 0.382 e. The summed E-state index contributed by atoms with van der Waals surface area (Å²) in [6.07, 6.45) is 3.57. The van der Waals surface area contributed by atoms with Crippen molar-refractivity contribution in [1.82, 2.24) is 0 Å². The molecule has 0 heterocycles. The summed E-state index contributed by atoms with van der Waals surface area (Å²) in [5.41, 5.74) is 2.32. The SMILES string of the molecule is Cc1cc(C)cc(CC(=O)C2(O)CCCC2)c1. The Morgan fingerprint density at radius 3 is 2.24 bits per heavy atom. The predicted octanol–water partition coefficient (Wildman–Crippen LogP) is 2.72. The van der Waals surface area contributed by atoms with Gasteiger partial charge in [0, 0.05) is 6.42 Å². The van der Waals surface area contributed by atoms with Crippen LogP contribution in [0.4, 0.5) is 0 Å². The fraction of sp³-hybridized carbons (Fsp3) is 0.533. The fourth-order valence-corrected chi connectivity index (χ4v) is 2.76. The van der Waals surface area contributed by atoms with E-state index in [4.69, 9.17) is 0 Å². The van der Waals surface area contributed by atoms with Gasteiger partial charge in [-0.25, -0.2) is 0 Å². The Hall–Kier alpha value is -1.15. The minimum Gasteiger partial charge on any atom is -0.382 e. The zero-order valence-electron chi connectivity index (χ0n) is 10.6. The van der Waals surface area contributed by atoms with Gasteiger partial charge in [-0.1, -0.05) is 29.3 Å². The van der Waals surface area contributed by atoms with Gasteiger partial charge in [-0.2, -0.15) is 0 Å². The average molecular weight is 232 g/mol. The zero-order chi connectivity index (χ0) is 12.5. The standard InChI is InChI=1S/C15H20O2/c1-11-7-12(2)9-13(8-11)10-14(16)15(17)5-3-4-6-15/h7-9,17H,3-6,10H2,1-2H3. The molecule has 1 aliphatic carbocycles. The Bertz CT molecular complexity index is 408. The molecule has 0 spiro atoms. The Morgan fingerprint density at radius 1 is 1.18 bits per heavy atom. The van der Waals surface area contributed by atoms with E-state index in [9.17, 15) is 9.90 Å². The lowest BCUT2D eigenvalue weighted by atomic mass is 9.91. The number of hydrogen-bond donors (Lipinski definition) is 1. The van der Waals surface area contributed by atoms with Crippen molar-refractivity contribution in [2.24, 2.45) is 0 Å². The monoisotopic (exact) mass is 232 g/mol. The number of benzene rings is 1. The Balaban J connectivity index is 2.12. The third-order valence-electron chi connectivity index (χ3n) is 3.60. The zero-order valence-corrected chi connectivity index (χ0v) is 10.6. The summed E-state index contributed by atoms with van der Waals surface area (Å²) < 4.78 is 0. The van der Waals surface area contributed by atoms with Gasteiger partial charge in [0.1, 0.15) is 5.60 Å². The molecule has 0 aliphatic heterocycles. The third kappa shape index (κ3) is 2.75. The fourth-order valence-electron chi connectivity index (χ4n) is 2.76. The van der Waals surface area contributed by atoms with Crippen molar-refractivity contribution in [1.29, 1.82) is 0 Å². The van der Waals surface area contributed by atoms with Crippen LogP contribution in [0.15, 0.2) is 18.2 Å². The lowest BCUT2D eigenvalue weighted by molar-refractivity contribution is -0.136. The first kappa shape index (κ1) is 12.3. The Kier molecular flexibility index (Phi) is 3.34. The van der Waals surface area contributed by atoms with Crippen molar-refractivity contribution in [2.75, 3.05) is 0 Å². The average Bonchev–Trinajstić information content (AvgIpc) is 2.64. The van der Waals surface area contributed by atoms with Gasteiger partial charge in [0.25, 0.3) is 0 Å². The van der Waals surface area contributed by atoms with E-state index in [-0.39, 0.29) is 5.78 Å². The third-order valence-corrected chi connectivity index (χ3v) is 3.60. The summed E-state index contributed by atoms with van der Waals surface area (Å²) in [6.45, 7) is 4.07. The van der Waals surface area contributed by atoms with Crippen molar-refractivity contribution >= 4 is 5.78 Å². The lowest BCUT2D eigenvalue weighted by Gasteiger charge is -2.20. The topological polar surface area (TPSA) is 37.3 Å². The molecule has 2 nitrogen and oxygen atoms in total. The summed E-state index contributed by atoms with van der Waals surface area (Å²) in [6, 6.07) is 6.16. The van der Waals surface area contributed by atoms with Crippen LogP contribution in [-0.4, -0.2) is 16.5 Å². The van der Waals surface area contributed by atoms with Crippen LogP contribution in [0.1, 0.15) is 42.4 Å². The van der Waals surface area contributed by atoms with E-state index in [0.717, 1.165) is 18.4 Å². The van der Waals surface area contributed by atoms with Gasteiger partial charge < -0.3 is 5.11 Å². The first-order valence-electron chi connectivity index (χ1n) is 6.32. The van der Waals surface area contributed by atoms with Gasteiger partial charge >= 0.3 is 0 Å². The van der Waals surface area contributed by atoms with Gasteiger partial charge in [0.2, 0.25) is 0 Å². The first-order valence-corrected chi connectivity index (χ1v) is 6.32. The number of hydrogen-bond acceptors (Lipinski definition) is 2. The summed E-state index contributed by atoms with van der Waals surface area (Å²) in [5.74, 6) is -0.0139. The maximum absolute atomic E-state index is 12.1. The van der Waals surface area contributed by atoms with Crippen LogP contribution in [0.25, 0.3) is 0 Å². The molecular weight excluding hydrogens is 212 g/mol. The number of aliphatic hydroxyl groups is 1. The van der Waals surface area contributed by atoms with Crippen molar-refractivity contribution in [3.63, 3.8) is 0 Å². The van der Waals surface area contributed by atoms with E-state index in [1.165, 1.54) is 11.1 Å². The molecule has 0 atom stereocenters. The van der Waals surface area contributed by atoms with Crippen molar-refractivity contribution in [2.45, 2.75) is 51.6 Å². The summed E-state index contributed by atoms with van der Waals surface area (Å²) >= 11 is 0. The molecule has 0 saturated heterocycles. The van der Waals surface area contributed by atoms with Crippen LogP contribution in [-0.2, 0) is 11.2 Å². The highest BCUT2D eigenvalue weighted by Crippen LogP contribution is 2.31. The van der Waals surface area contributed by atoms with Gasteiger partial charge in [-0.3, -0.25) is 4.79 Å². The van der Waals surface area contributed by atoms with Gasteiger partial charge in [-0.05, 0) is 45.1 Å². The molecule has 0 radical (unpaired) electrons. The summed E-state index contributed by atoms with van der Waals surface area (Å²) in [5, 5.41) is 10.2. The highest BCUT2D eigenvalue weighted by molar-refractivity contribution is 5.89. The molecule has 0 aromatic heterocycles. The molecular formula is C15H20O2. The smallest absolute Gasteiger partial charge is 0.168 e. The van der Waals surface area contributed by atoms with Crippen molar-refractivity contribution in [3.8, 4) is 0 Å². The van der Waals surface area contributed by atoms with E-state index in [0.29, 0.717) is 19.3 Å². The summed E-state index contributed by atoms with van der Waals surface area (Å²) in [7, 11) is 0. The molecule has 92 valence electrons. The number of Topliss-reactive ketones (excluding diaryl/α,β-unsaturated/α-hetero) is 1. The van der Waals surface area contributed by atoms with E-state index in [1.807, 2.05) is 26.0 Å². The van der Waals surface area contributed by atoms with Crippen molar-refractivity contribution in [3.05, 3.63) is 34.9 Å². The van der Waals surface area contributed by atoms with Crippen LogP contribution in [0.3, 0.4) is 0 Å².